The Balaban J connectivity index is 2.18. The van der Waals surface area contributed by atoms with E-state index < -0.39 is 0 Å². The van der Waals surface area contributed by atoms with Crippen molar-refractivity contribution in [1.29, 1.82) is 0 Å². The van der Waals surface area contributed by atoms with Crippen LogP contribution in [0.1, 0.15) is 21.5 Å². The minimum Gasteiger partial charge on any atom is -0.307 e. The second-order valence-electron chi connectivity index (χ2n) is 3.63. The third-order valence-electron chi connectivity index (χ3n) is 2.20. The Morgan fingerprint density at radius 1 is 1.31 bits per heavy atom. The molecule has 0 aliphatic heterocycles. The van der Waals surface area contributed by atoms with E-state index in [4.69, 9.17) is 0 Å². The van der Waals surface area contributed by atoms with Crippen LogP contribution in [0.25, 0.3) is 0 Å². The minimum absolute atomic E-state index is 0.191. The van der Waals surface area contributed by atoms with Gasteiger partial charge in [0.05, 0.1) is 11.8 Å². The van der Waals surface area contributed by atoms with E-state index in [1.54, 1.807) is 18.5 Å². The van der Waals surface area contributed by atoms with Crippen LogP contribution in [0.3, 0.4) is 0 Å². The van der Waals surface area contributed by atoms with Crippen LogP contribution in [0.5, 0.6) is 0 Å². The molecule has 5 heteroatoms. The SMILES string of the molecule is Cc1cncc(C(=O)Nc2[nH]ncc2C)c1. The molecule has 0 atom stereocenters. The Hall–Kier alpha value is -2.17. The molecule has 0 aliphatic carbocycles. The highest BCUT2D eigenvalue weighted by Crippen LogP contribution is 2.10. The molecule has 0 radical (unpaired) electrons. The van der Waals surface area contributed by atoms with Crippen molar-refractivity contribution < 1.29 is 4.79 Å². The molecule has 16 heavy (non-hydrogen) atoms. The molecule has 5 nitrogen and oxygen atoms in total. The molecule has 2 aromatic heterocycles. The summed E-state index contributed by atoms with van der Waals surface area (Å²) in [4.78, 5) is 15.8. The number of carbonyl (C=O) groups excluding carboxylic acids is 1. The van der Waals surface area contributed by atoms with Crippen LogP contribution in [-0.2, 0) is 0 Å². The fourth-order valence-corrected chi connectivity index (χ4v) is 1.34. The minimum atomic E-state index is -0.191. The lowest BCUT2D eigenvalue weighted by Gasteiger charge is -2.03. The van der Waals surface area contributed by atoms with Crippen LogP contribution in [0.2, 0.25) is 0 Å². The second-order valence-corrected chi connectivity index (χ2v) is 3.63. The number of rotatable bonds is 2. The van der Waals surface area contributed by atoms with Crippen LogP contribution < -0.4 is 5.32 Å². The first-order chi connectivity index (χ1) is 7.66. The van der Waals surface area contributed by atoms with Crippen molar-refractivity contribution in [3.8, 4) is 0 Å². The lowest BCUT2D eigenvalue weighted by atomic mass is 10.2. The van der Waals surface area contributed by atoms with E-state index in [-0.39, 0.29) is 5.91 Å². The summed E-state index contributed by atoms with van der Waals surface area (Å²) in [6, 6.07) is 1.79. The first-order valence-electron chi connectivity index (χ1n) is 4.90. The summed E-state index contributed by atoms with van der Waals surface area (Å²) in [5.74, 6) is 0.426. The number of anilines is 1. The van der Waals surface area contributed by atoms with Gasteiger partial charge in [0.25, 0.3) is 5.91 Å². The quantitative estimate of drug-likeness (QED) is 0.802. The van der Waals surface area contributed by atoms with Crippen LogP contribution in [-0.4, -0.2) is 21.1 Å². The second kappa shape index (κ2) is 4.14. The van der Waals surface area contributed by atoms with Crippen molar-refractivity contribution in [3.63, 3.8) is 0 Å². The van der Waals surface area contributed by atoms with Gasteiger partial charge in [-0.05, 0) is 25.5 Å². The molecular weight excluding hydrogens is 204 g/mol. The van der Waals surface area contributed by atoms with Crippen LogP contribution in [0.4, 0.5) is 5.82 Å². The van der Waals surface area contributed by atoms with Crippen molar-refractivity contribution >= 4 is 11.7 Å². The zero-order valence-electron chi connectivity index (χ0n) is 9.11. The van der Waals surface area contributed by atoms with E-state index in [0.29, 0.717) is 11.4 Å². The number of carbonyl (C=O) groups is 1. The number of pyridine rings is 1. The molecule has 0 aromatic carbocycles. The van der Waals surface area contributed by atoms with Crippen molar-refractivity contribution in [2.45, 2.75) is 13.8 Å². The third-order valence-corrected chi connectivity index (χ3v) is 2.20. The standard InChI is InChI=1S/C11H12N4O/c1-7-3-9(6-12-4-7)11(16)14-10-8(2)5-13-15-10/h3-6H,1-2H3,(H2,13,14,15,16). The Morgan fingerprint density at radius 2 is 2.12 bits per heavy atom. The molecule has 1 amide bonds. The highest BCUT2D eigenvalue weighted by atomic mass is 16.1. The number of aromatic amines is 1. The Morgan fingerprint density at radius 3 is 2.75 bits per heavy atom. The first-order valence-corrected chi connectivity index (χ1v) is 4.90. The Labute approximate surface area is 92.9 Å². The molecule has 2 rings (SSSR count). The zero-order chi connectivity index (χ0) is 11.5. The number of hydrogen-bond donors (Lipinski definition) is 2. The predicted octanol–water partition coefficient (Wildman–Crippen LogP) is 1.67. The van der Waals surface area contributed by atoms with Gasteiger partial charge in [-0.25, -0.2) is 0 Å². The summed E-state index contributed by atoms with van der Waals surface area (Å²) >= 11 is 0. The summed E-state index contributed by atoms with van der Waals surface area (Å²) < 4.78 is 0. The summed E-state index contributed by atoms with van der Waals surface area (Å²) in [7, 11) is 0. The molecule has 2 heterocycles. The van der Waals surface area contributed by atoms with Gasteiger partial charge in [-0.2, -0.15) is 5.10 Å². The van der Waals surface area contributed by atoms with E-state index in [9.17, 15) is 4.79 Å². The number of nitrogens with zero attached hydrogens (tertiary/aromatic N) is 2. The Bertz CT molecular complexity index is 518. The van der Waals surface area contributed by atoms with Gasteiger partial charge in [0, 0.05) is 18.0 Å². The molecule has 82 valence electrons. The van der Waals surface area contributed by atoms with Gasteiger partial charge in [0.2, 0.25) is 0 Å². The molecule has 2 aromatic rings. The summed E-state index contributed by atoms with van der Waals surface area (Å²) in [6.45, 7) is 3.76. The zero-order valence-corrected chi connectivity index (χ0v) is 9.11. The molecule has 0 spiro atoms. The molecular formula is C11H12N4O. The largest absolute Gasteiger partial charge is 0.307 e. The average molecular weight is 216 g/mol. The fraction of sp³-hybridized carbons (Fsp3) is 0.182. The van der Waals surface area contributed by atoms with Gasteiger partial charge in [-0.3, -0.25) is 14.9 Å². The number of aromatic nitrogens is 3. The number of amides is 1. The lowest BCUT2D eigenvalue weighted by molar-refractivity contribution is 0.102. The number of H-pyrrole nitrogens is 1. The lowest BCUT2D eigenvalue weighted by Crippen LogP contribution is -2.13. The first kappa shape index (κ1) is 10.4. The van der Waals surface area contributed by atoms with Gasteiger partial charge in [0.15, 0.2) is 0 Å². The fourth-order valence-electron chi connectivity index (χ4n) is 1.34. The molecule has 0 fully saturated rings. The van der Waals surface area contributed by atoms with E-state index in [1.165, 1.54) is 6.20 Å². The monoisotopic (exact) mass is 216 g/mol. The average Bonchev–Trinajstić information content (AvgIpc) is 2.64. The summed E-state index contributed by atoms with van der Waals surface area (Å²) in [6.07, 6.45) is 4.90. The third kappa shape index (κ3) is 2.08. The van der Waals surface area contributed by atoms with Crippen molar-refractivity contribution in [2.75, 3.05) is 5.32 Å². The van der Waals surface area contributed by atoms with Gasteiger partial charge in [-0.1, -0.05) is 0 Å². The van der Waals surface area contributed by atoms with Gasteiger partial charge in [-0.15, -0.1) is 0 Å². The highest BCUT2D eigenvalue weighted by Gasteiger charge is 2.08. The number of nitrogens with one attached hydrogen (secondary N) is 2. The summed E-state index contributed by atoms with van der Waals surface area (Å²) in [5.41, 5.74) is 2.39. The topological polar surface area (TPSA) is 70.7 Å². The van der Waals surface area contributed by atoms with Crippen LogP contribution in [0.15, 0.2) is 24.7 Å². The van der Waals surface area contributed by atoms with Gasteiger partial charge >= 0.3 is 0 Å². The van der Waals surface area contributed by atoms with Crippen LogP contribution in [0, 0.1) is 13.8 Å². The molecule has 2 N–H and O–H groups in total. The summed E-state index contributed by atoms with van der Waals surface area (Å²) in [5, 5.41) is 9.29. The van der Waals surface area contributed by atoms with E-state index in [2.05, 4.69) is 20.5 Å². The van der Waals surface area contributed by atoms with Gasteiger partial charge in [0.1, 0.15) is 5.82 Å². The number of hydrogen-bond acceptors (Lipinski definition) is 3. The van der Waals surface area contributed by atoms with Crippen molar-refractivity contribution in [3.05, 3.63) is 41.3 Å². The van der Waals surface area contributed by atoms with E-state index >= 15 is 0 Å². The molecule has 0 unspecified atom stereocenters. The smallest absolute Gasteiger partial charge is 0.258 e. The van der Waals surface area contributed by atoms with Crippen LogP contribution >= 0.6 is 0 Å². The van der Waals surface area contributed by atoms with E-state index in [1.807, 2.05) is 13.8 Å². The maximum absolute atomic E-state index is 11.8. The normalized spacial score (nSPS) is 10.1. The Kier molecular flexibility index (Phi) is 2.68. The highest BCUT2D eigenvalue weighted by molar-refractivity contribution is 6.03. The molecule has 0 bridgehead atoms. The molecule has 0 saturated heterocycles. The van der Waals surface area contributed by atoms with Gasteiger partial charge < -0.3 is 5.32 Å². The number of aryl methyl sites for hydroxylation is 2. The molecule has 0 aliphatic rings. The maximum Gasteiger partial charge on any atom is 0.258 e. The van der Waals surface area contributed by atoms with E-state index in [0.717, 1.165) is 11.1 Å². The van der Waals surface area contributed by atoms with Crippen molar-refractivity contribution in [1.82, 2.24) is 15.2 Å². The van der Waals surface area contributed by atoms with Crippen molar-refractivity contribution in [2.24, 2.45) is 0 Å². The predicted molar refractivity (Wildman–Crippen MR) is 60.3 cm³/mol. The maximum atomic E-state index is 11.8. The molecule has 0 saturated carbocycles.